The second kappa shape index (κ2) is 10.6. The lowest BCUT2D eigenvalue weighted by Gasteiger charge is -2.49. The first-order valence-corrected chi connectivity index (χ1v) is 11.6. The van der Waals surface area contributed by atoms with Crippen molar-refractivity contribution in [2.45, 2.75) is 18.0 Å². The van der Waals surface area contributed by atoms with Crippen molar-refractivity contribution in [3.05, 3.63) is 71.4 Å². The van der Waals surface area contributed by atoms with E-state index >= 15 is 0 Å². The summed E-state index contributed by atoms with van der Waals surface area (Å²) in [6.45, 7) is -0.611. The third-order valence-corrected chi connectivity index (χ3v) is 6.73. The summed E-state index contributed by atoms with van der Waals surface area (Å²) < 4.78 is 16.0. The monoisotopic (exact) mass is 484 g/mol. The van der Waals surface area contributed by atoms with E-state index in [9.17, 15) is 19.5 Å². The summed E-state index contributed by atoms with van der Waals surface area (Å²) in [6.07, 6.45) is 0. The average Bonchev–Trinajstić information content (AvgIpc) is 2.89. The Kier molecular flexibility index (Phi) is 7.39. The number of carbonyl (C=O) groups is 3. The van der Waals surface area contributed by atoms with Crippen LogP contribution in [0.15, 0.2) is 65.9 Å². The van der Waals surface area contributed by atoms with Gasteiger partial charge < -0.3 is 24.6 Å². The zero-order valence-electron chi connectivity index (χ0n) is 18.4. The second-order valence-corrected chi connectivity index (χ2v) is 8.70. The molecule has 4 rings (SSSR count). The smallest absolute Gasteiger partial charge is 0.355 e. The number of thioether (sulfide) groups is 1. The SMILES string of the molecule is COc1ccc(COC(=O)C2=C(CO)CS[C@@H]3C(NC(=O)COc4ccccc4)C(=O)N23)cc1. The van der Waals surface area contributed by atoms with Crippen LogP contribution in [0.4, 0.5) is 0 Å². The molecule has 0 aromatic heterocycles. The van der Waals surface area contributed by atoms with E-state index in [0.29, 0.717) is 22.8 Å². The molecule has 2 N–H and O–H groups in total. The Hall–Kier alpha value is -3.50. The number of aliphatic hydroxyl groups excluding tert-OH is 1. The molecular weight excluding hydrogens is 460 g/mol. The Labute approximate surface area is 200 Å². The number of nitrogens with zero attached hydrogens (tertiary/aromatic N) is 1. The number of hydrogen-bond acceptors (Lipinski definition) is 8. The van der Waals surface area contributed by atoms with E-state index in [2.05, 4.69) is 5.32 Å². The molecule has 2 aliphatic rings. The molecule has 1 fully saturated rings. The van der Waals surface area contributed by atoms with Gasteiger partial charge in [-0.3, -0.25) is 14.5 Å². The molecule has 2 heterocycles. The number of aliphatic hydroxyl groups is 1. The molecule has 0 aliphatic carbocycles. The molecule has 34 heavy (non-hydrogen) atoms. The number of β-lactam (4-membered cyclic amide) rings is 1. The van der Waals surface area contributed by atoms with Crippen LogP contribution in [0.5, 0.6) is 11.5 Å². The molecule has 2 aromatic carbocycles. The van der Waals surface area contributed by atoms with E-state index in [0.717, 1.165) is 5.56 Å². The van der Waals surface area contributed by atoms with E-state index in [1.54, 1.807) is 55.6 Å². The normalized spacial score (nSPS) is 19.1. The molecule has 9 nitrogen and oxygen atoms in total. The highest BCUT2D eigenvalue weighted by molar-refractivity contribution is 8.00. The fourth-order valence-corrected chi connectivity index (χ4v) is 4.95. The van der Waals surface area contributed by atoms with Gasteiger partial charge in [-0.1, -0.05) is 30.3 Å². The molecular formula is C24H24N2O7S. The fraction of sp³-hybridized carbons (Fsp3) is 0.292. The number of esters is 1. The fourth-order valence-electron chi connectivity index (χ4n) is 3.61. The van der Waals surface area contributed by atoms with Gasteiger partial charge in [-0.05, 0) is 35.4 Å². The number of nitrogens with one attached hydrogen (secondary N) is 1. The van der Waals surface area contributed by atoms with Crippen LogP contribution in [-0.2, 0) is 25.7 Å². The van der Waals surface area contributed by atoms with Crippen LogP contribution in [-0.4, -0.2) is 65.3 Å². The molecule has 2 amide bonds. The predicted molar refractivity (Wildman–Crippen MR) is 124 cm³/mol. The van der Waals surface area contributed by atoms with Gasteiger partial charge in [0.25, 0.3) is 11.8 Å². The highest BCUT2D eigenvalue weighted by Crippen LogP contribution is 2.40. The van der Waals surface area contributed by atoms with Crippen molar-refractivity contribution in [2.75, 3.05) is 26.1 Å². The Morgan fingerprint density at radius 3 is 2.53 bits per heavy atom. The van der Waals surface area contributed by atoms with Crippen LogP contribution in [0.25, 0.3) is 0 Å². The van der Waals surface area contributed by atoms with Gasteiger partial charge in [0.15, 0.2) is 6.61 Å². The van der Waals surface area contributed by atoms with Crippen molar-refractivity contribution in [3.8, 4) is 11.5 Å². The zero-order chi connectivity index (χ0) is 24.1. The number of methoxy groups -OCH3 is 1. The van der Waals surface area contributed by atoms with E-state index in [1.807, 2.05) is 6.07 Å². The van der Waals surface area contributed by atoms with Crippen molar-refractivity contribution in [3.63, 3.8) is 0 Å². The summed E-state index contributed by atoms with van der Waals surface area (Å²) in [7, 11) is 1.56. The molecule has 2 aromatic rings. The summed E-state index contributed by atoms with van der Waals surface area (Å²) in [4.78, 5) is 39.3. The predicted octanol–water partition coefficient (Wildman–Crippen LogP) is 1.46. The van der Waals surface area contributed by atoms with Crippen molar-refractivity contribution < 1.29 is 33.7 Å². The minimum absolute atomic E-state index is 0.00185. The Morgan fingerprint density at radius 1 is 1.12 bits per heavy atom. The van der Waals surface area contributed by atoms with Gasteiger partial charge in [-0.2, -0.15) is 0 Å². The molecule has 178 valence electrons. The van der Waals surface area contributed by atoms with E-state index in [-0.39, 0.29) is 25.5 Å². The summed E-state index contributed by atoms with van der Waals surface area (Å²) in [6, 6.07) is 15.1. The zero-order valence-corrected chi connectivity index (χ0v) is 19.2. The van der Waals surface area contributed by atoms with Crippen LogP contribution >= 0.6 is 11.8 Å². The molecule has 0 radical (unpaired) electrons. The maximum absolute atomic E-state index is 12.9. The third kappa shape index (κ3) is 5.02. The number of rotatable bonds is 9. The van der Waals surface area contributed by atoms with Gasteiger partial charge in [0.1, 0.15) is 35.2 Å². The molecule has 10 heteroatoms. The lowest BCUT2D eigenvalue weighted by Crippen LogP contribution is -2.71. The van der Waals surface area contributed by atoms with E-state index in [1.165, 1.54) is 16.7 Å². The Bertz CT molecular complexity index is 1090. The summed E-state index contributed by atoms with van der Waals surface area (Å²) >= 11 is 1.36. The van der Waals surface area contributed by atoms with Crippen molar-refractivity contribution in [2.24, 2.45) is 0 Å². The first-order chi connectivity index (χ1) is 16.5. The van der Waals surface area contributed by atoms with Gasteiger partial charge >= 0.3 is 5.97 Å². The number of carbonyl (C=O) groups excluding carboxylic acids is 3. The van der Waals surface area contributed by atoms with E-state index in [4.69, 9.17) is 14.2 Å². The molecule has 0 spiro atoms. The minimum atomic E-state index is -0.790. The van der Waals surface area contributed by atoms with Gasteiger partial charge in [-0.15, -0.1) is 11.8 Å². The quantitative estimate of drug-likeness (QED) is 0.406. The summed E-state index contributed by atoms with van der Waals surface area (Å²) in [5, 5.41) is 11.9. The highest BCUT2D eigenvalue weighted by Gasteiger charge is 2.54. The Balaban J connectivity index is 1.37. The van der Waals surface area contributed by atoms with Crippen LogP contribution in [0.3, 0.4) is 0 Å². The topological polar surface area (TPSA) is 114 Å². The molecule has 0 saturated carbocycles. The van der Waals surface area contributed by atoms with Crippen molar-refractivity contribution in [1.29, 1.82) is 0 Å². The van der Waals surface area contributed by atoms with Crippen LogP contribution in [0, 0.1) is 0 Å². The number of hydrogen-bond donors (Lipinski definition) is 2. The average molecular weight is 485 g/mol. The van der Waals surface area contributed by atoms with Crippen LogP contribution < -0.4 is 14.8 Å². The first kappa shape index (κ1) is 23.7. The van der Waals surface area contributed by atoms with Gasteiger partial charge in [0.05, 0.1) is 13.7 Å². The maximum atomic E-state index is 12.9. The maximum Gasteiger partial charge on any atom is 0.355 e. The van der Waals surface area contributed by atoms with Gasteiger partial charge in [0, 0.05) is 5.75 Å². The molecule has 0 bridgehead atoms. The molecule has 2 aliphatic heterocycles. The number of amides is 2. The van der Waals surface area contributed by atoms with Crippen LogP contribution in [0.2, 0.25) is 0 Å². The number of ether oxygens (including phenoxy) is 3. The lowest BCUT2D eigenvalue weighted by molar-refractivity contribution is -0.153. The number of para-hydroxylation sites is 1. The minimum Gasteiger partial charge on any atom is -0.497 e. The highest BCUT2D eigenvalue weighted by atomic mass is 32.2. The van der Waals surface area contributed by atoms with Gasteiger partial charge in [-0.25, -0.2) is 4.79 Å². The van der Waals surface area contributed by atoms with Crippen LogP contribution in [0.1, 0.15) is 5.56 Å². The van der Waals surface area contributed by atoms with Crippen molar-refractivity contribution >= 4 is 29.5 Å². The lowest BCUT2D eigenvalue weighted by atomic mass is 10.0. The molecule has 2 atom stereocenters. The second-order valence-electron chi connectivity index (χ2n) is 7.59. The molecule has 1 unspecified atom stereocenters. The van der Waals surface area contributed by atoms with Crippen molar-refractivity contribution in [1.82, 2.24) is 10.2 Å². The summed E-state index contributed by atoms with van der Waals surface area (Å²) in [5.41, 5.74) is 1.20. The third-order valence-electron chi connectivity index (χ3n) is 5.39. The molecule has 1 saturated heterocycles. The Morgan fingerprint density at radius 2 is 1.85 bits per heavy atom. The summed E-state index contributed by atoms with van der Waals surface area (Å²) in [5.74, 6) is -0.0129. The van der Waals surface area contributed by atoms with E-state index < -0.39 is 29.2 Å². The largest absolute Gasteiger partial charge is 0.497 e. The first-order valence-electron chi connectivity index (χ1n) is 10.6. The number of fused-ring (bicyclic) bond motifs is 1. The number of benzene rings is 2. The van der Waals surface area contributed by atoms with Gasteiger partial charge in [0.2, 0.25) is 0 Å². The standard InChI is InChI=1S/C24H24N2O7S/c1-31-17-9-7-15(8-10-17)12-33-24(30)21-16(11-27)14-34-23-20(22(29)26(21)23)25-19(28)13-32-18-5-3-2-4-6-18/h2-10,20,23,27H,11-14H2,1H3,(H,25,28)/t20?,23-/m1/s1.